The van der Waals surface area contributed by atoms with E-state index in [1.807, 2.05) is 26.0 Å². The predicted molar refractivity (Wildman–Crippen MR) is 77.3 cm³/mol. The SMILES string of the molecule is Cc1noc(C)c1CNc1ccc2scnc2c1N. The van der Waals surface area contributed by atoms with Gasteiger partial charge in [0.15, 0.2) is 0 Å². The van der Waals surface area contributed by atoms with E-state index in [2.05, 4.69) is 15.5 Å². The predicted octanol–water partition coefficient (Wildman–Crippen LogP) is 3.10. The summed E-state index contributed by atoms with van der Waals surface area (Å²) in [6, 6.07) is 4.01. The fourth-order valence-electron chi connectivity index (χ4n) is 2.04. The first kappa shape index (κ1) is 12.0. The maximum absolute atomic E-state index is 6.12. The Morgan fingerprint density at radius 2 is 2.21 bits per heavy atom. The molecule has 0 aliphatic carbocycles. The van der Waals surface area contributed by atoms with Crippen LogP contribution < -0.4 is 11.1 Å². The Balaban J connectivity index is 1.88. The Morgan fingerprint density at radius 1 is 1.37 bits per heavy atom. The largest absolute Gasteiger partial charge is 0.395 e. The quantitative estimate of drug-likeness (QED) is 0.718. The van der Waals surface area contributed by atoms with Crippen LogP contribution in [0.2, 0.25) is 0 Å². The van der Waals surface area contributed by atoms with Crippen molar-refractivity contribution in [2.24, 2.45) is 0 Å². The van der Waals surface area contributed by atoms with Crippen molar-refractivity contribution in [3.05, 3.63) is 34.7 Å². The summed E-state index contributed by atoms with van der Waals surface area (Å²) in [7, 11) is 0. The fraction of sp³-hybridized carbons (Fsp3) is 0.231. The van der Waals surface area contributed by atoms with Crippen molar-refractivity contribution in [3.63, 3.8) is 0 Å². The zero-order chi connectivity index (χ0) is 13.4. The summed E-state index contributed by atoms with van der Waals surface area (Å²) < 4.78 is 6.24. The topological polar surface area (TPSA) is 77.0 Å². The first-order chi connectivity index (χ1) is 9.16. The molecule has 0 atom stereocenters. The average molecular weight is 274 g/mol. The molecule has 3 aromatic rings. The summed E-state index contributed by atoms with van der Waals surface area (Å²) in [5.74, 6) is 0.832. The molecule has 0 saturated heterocycles. The second-order valence-corrected chi connectivity index (χ2v) is 5.27. The summed E-state index contributed by atoms with van der Waals surface area (Å²) in [6.07, 6.45) is 0. The Labute approximate surface area is 114 Å². The molecular formula is C13H14N4OS. The molecule has 2 aromatic heterocycles. The maximum Gasteiger partial charge on any atom is 0.138 e. The van der Waals surface area contributed by atoms with E-state index in [1.165, 1.54) is 0 Å². The smallest absolute Gasteiger partial charge is 0.138 e. The van der Waals surface area contributed by atoms with E-state index in [4.69, 9.17) is 10.3 Å². The highest BCUT2D eigenvalue weighted by Gasteiger charge is 2.11. The average Bonchev–Trinajstić information content (AvgIpc) is 2.98. The Bertz CT molecular complexity index is 712. The van der Waals surface area contributed by atoms with Gasteiger partial charge in [-0.25, -0.2) is 4.98 Å². The van der Waals surface area contributed by atoms with E-state index < -0.39 is 0 Å². The molecule has 0 fully saturated rings. The zero-order valence-corrected chi connectivity index (χ0v) is 11.5. The molecule has 0 aliphatic rings. The number of nitrogens with zero attached hydrogens (tertiary/aromatic N) is 2. The number of hydrogen-bond acceptors (Lipinski definition) is 6. The van der Waals surface area contributed by atoms with Crippen LogP contribution in [0.3, 0.4) is 0 Å². The van der Waals surface area contributed by atoms with Crippen molar-refractivity contribution in [2.45, 2.75) is 20.4 Å². The monoisotopic (exact) mass is 274 g/mol. The van der Waals surface area contributed by atoms with Gasteiger partial charge < -0.3 is 15.6 Å². The molecular weight excluding hydrogens is 260 g/mol. The van der Waals surface area contributed by atoms with Gasteiger partial charge in [0.2, 0.25) is 0 Å². The first-order valence-electron chi connectivity index (χ1n) is 5.94. The number of thiazole rings is 1. The molecule has 0 aliphatic heterocycles. The number of nitrogens with one attached hydrogen (secondary N) is 1. The lowest BCUT2D eigenvalue weighted by Crippen LogP contribution is -2.04. The molecule has 0 bridgehead atoms. The molecule has 6 heteroatoms. The molecule has 0 radical (unpaired) electrons. The van der Waals surface area contributed by atoms with Crippen molar-refractivity contribution in [2.75, 3.05) is 11.1 Å². The van der Waals surface area contributed by atoms with Gasteiger partial charge in [-0.2, -0.15) is 0 Å². The number of nitrogen functional groups attached to an aromatic ring is 1. The lowest BCUT2D eigenvalue weighted by molar-refractivity contribution is 0.392. The minimum absolute atomic E-state index is 0.640. The maximum atomic E-state index is 6.12. The molecule has 0 saturated carbocycles. The first-order valence-corrected chi connectivity index (χ1v) is 6.82. The van der Waals surface area contributed by atoms with Crippen molar-refractivity contribution in [1.29, 1.82) is 0 Å². The molecule has 0 unspecified atom stereocenters. The molecule has 0 amide bonds. The van der Waals surface area contributed by atoms with Crippen LogP contribution in [0, 0.1) is 13.8 Å². The number of fused-ring (bicyclic) bond motifs is 1. The number of rotatable bonds is 3. The van der Waals surface area contributed by atoms with E-state index in [1.54, 1.807) is 16.8 Å². The van der Waals surface area contributed by atoms with Gasteiger partial charge in [-0.15, -0.1) is 11.3 Å². The summed E-state index contributed by atoms with van der Waals surface area (Å²) >= 11 is 1.59. The van der Waals surface area contributed by atoms with Crippen LogP contribution in [0.4, 0.5) is 11.4 Å². The minimum Gasteiger partial charge on any atom is -0.395 e. The summed E-state index contributed by atoms with van der Waals surface area (Å²) in [5, 5.41) is 7.25. The van der Waals surface area contributed by atoms with Gasteiger partial charge in [-0.1, -0.05) is 5.16 Å². The molecule has 0 spiro atoms. The number of hydrogen-bond donors (Lipinski definition) is 2. The highest BCUT2D eigenvalue weighted by molar-refractivity contribution is 7.16. The molecule has 1 aromatic carbocycles. The molecule has 5 nitrogen and oxygen atoms in total. The third-order valence-corrected chi connectivity index (χ3v) is 3.97. The Morgan fingerprint density at radius 3 is 2.95 bits per heavy atom. The fourth-order valence-corrected chi connectivity index (χ4v) is 2.74. The normalized spacial score (nSPS) is 11.1. The van der Waals surface area contributed by atoms with Crippen molar-refractivity contribution in [3.8, 4) is 0 Å². The van der Waals surface area contributed by atoms with Gasteiger partial charge in [0, 0.05) is 12.1 Å². The number of aromatic nitrogens is 2. The molecule has 3 N–H and O–H groups in total. The van der Waals surface area contributed by atoms with E-state index in [0.717, 1.165) is 32.9 Å². The van der Waals surface area contributed by atoms with Crippen molar-refractivity contribution < 1.29 is 4.52 Å². The van der Waals surface area contributed by atoms with E-state index in [-0.39, 0.29) is 0 Å². The second-order valence-electron chi connectivity index (χ2n) is 4.38. The van der Waals surface area contributed by atoms with Crippen LogP contribution in [-0.4, -0.2) is 10.1 Å². The van der Waals surface area contributed by atoms with Crippen LogP contribution in [0.15, 0.2) is 22.2 Å². The van der Waals surface area contributed by atoms with Crippen LogP contribution >= 0.6 is 11.3 Å². The second kappa shape index (κ2) is 4.55. The van der Waals surface area contributed by atoms with Crippen molar-refractivity contribution in [1.82, 2.24) is 10.1 Å². The summed E-state index contributed by atoms with van der Waals surface area (Å²) in [4.78, 5) is 4.28. The molecule has 19 heavy (non-hydrogen) atoms. The lowest BCUT2D eigenvalue weighted by Gasteiger charge is -2.09. The minimum atomic E-state index is 0.640. The van der Waals surface area contributed by atoms with Crippen LogP contribution in [0.5, 0.6) is 0 Å². The third kappa shape index (κ3) is 2.04. The van der Waals surface area contributed by atoms with Crippen LogP contribution in [0.25, 0.3) is 10.2 Å². The number of aryl methyl sites for hydroxylation is 2. The van der Waals surface area contributed by atoms with Crippen LogP contribution in [0.1, 0.15) is 17.0 Å². The molecule has 3 rings (SSSR count). The van der Waals surface area contributed by atoms with Crippen LogP contribution in [-0.2, 0) is 6.54 Å². The van der Waals surface area contributed by atoms with Crippen molar-refractivity contribution >= 4 is 32.9 Å². The van der Waals surface area contributed by atoms with E-state index in [0.29, 0.717) is 12.2 Å². The van der Waals surface area contributed by atoms with E-state index in [9.17, 15) is 0 Å². The lowest BCUT2D eigenvalue weighted by atomic mass is 10.2. The molecule has 98 valence electrons. The summed E-state index contributed by atoms with van der Waals surface area (Å²) in [5.41, 5.74) is 12.3. The van der Waals surface area contributed by atoms with Gasteiger partial charge in [0.05, 0.1) is 27.3 Å². The number of anilines is 2. The van der Waals surface area contributed by atoms with Gasteiger partial charge in [0.1, 0.15) is 11.3 Å². The van der Waals surface area contributed by atoms with Gasteiger partial charge in [0.25, 0.3) is 0 Å². The van der Waals surface area contributed by atoms with Gasteiger partial charge in [-0.05, 0) is 26.0 Å². The summed E-state index contributed by atoms with van der Waals surface area (Å²) in [6.45, 7) is 4.48. The van der Waals surface area contributed by atoms with Gasteiger partial charge >= 0.3 is 0 Å². The van der Waals surface area contributed by atoms with E-state index >= 15 is 0 Å². The molecule has 2 heterocycles. The number of benzene rings is 1. The highest BCUT2D eigenvalue weighted by atomic mass is 32.1. The Kier molecular flexibility index (Phi) is 2.87. The van der Waals surface area contributed by atoms with Gasteiger partial charge in [-0.3, -0.25) is 0 Å². The Hall–Kier alpha value is -2.08. The highest BCUT2D eigenvalue weighted by Crippen LogP contribution is 2.30. The third-order valence-electron chi connectivity index (χ3n) is 3.18. The standard InChI is InChI=1S/C13H14N4OS/c1-7-9(8(2)18-17-7)5-15-10-3-4-11-13(12(10)14)16-6-19-11/h3-4,6,15H,5,14H2,1-2H3. The number of nitrogens with two attached hydrogens (primary N) is 1. The zero-order valence-electron chi connectivity index (χ0n) is 10.7.